The largest absolute Gasteiger partial charge is 0.479 e. The first-order chi connectivity index (χ1) is 58.3. The maximum Gasteiger partial charge on any atom is 0.272 e. The average molecular weight is 1670 g/mol. The molecule has 9 aromatic heterocycles. The second-order valence-electron chi connectivity index (χ2n) is 29.5. The average Bonchev–Trinajstić information content (AvgIpc) is 1.68. The van der Waals surface area contributed by atoms with E-state index in [9.17, 15) is 23.2 Å². The Hall–Kier alpha value is -14.3. The van der Waals surface area contributed by atoms with Crippen LogP contribution in [0.5, 0.6) is 17.6 Å². The van der Waals surface area contributed by atoms with Crippen LogP contribution in [0.4, 0.5) is 95.7 Å². The summed E-state index contributed by atoms with van der Waals surface area (Å²) in [5, 5.41) is 35.2. The topological polar surface area (TPSA) is 350 Å². The summed E-state index contributed by atoms with van der Waals surface area (Å²) in [6.07, 6.45) is 5.55. The van der Waals surface area contributed by atoms with Gasteiger partial charge in [0.2, 0.25) is 53.2 Å². The number of carbonyl (C=O) groups is 3. The molecule has 642 valence electrons. The Labute approximate surface area is 707 Å². The Morgan fingerprint density at radius 1 is 0.410 bits per heavy atom. The van der Waals surface area contributed by atoms with Gasteiger partial charge in [-0.15, -0.1) is 15.3 Å². The van der Waals surface area contributed by atoms with Crippen molar-refractivity contribution in [1.82, 2.24) is 88.9 Å². The summed E-state index contributed by atoms with van der Waals surface area (Å²) >= 11 is 0. The van der Waals surface area contributed by atoms with E-state index < -0.39 is 18.9 Å². The Kier molecular flexibility index (Phi) is 30.6. The molecule has 12 aromatic rings. The van der Waals surface area contributed by atoms with E-state index in [0.717, 1.165) is 69.3 Å². The fourth-order valence-corrected chi connectivity index (χ4v) is 12.1. The number of nitrogens with zero attached hydrogens (tertiary/aromatic N) is 24. The summed E-state index contributed by atoms with van der Waals surface area (Å²) in [7, 11) is 30.6. The second-order valence-corrected chi connectivity index (χ2v) is 29.5. The summed E-state index contributed by atoms with van der Waals surface area (Å²) in [4.78, 5) is 95.8. The molecule has 0 radical (unpaired) electrons. The third-order valence-electron chi connectivity index (χ3n) is 18.1. The van der Waals surface area contributed by atoms with E-state index in [-0.39, 0.29) is 35.4 Å². The summed E-state index contributed by atoms with van der Waals surface area (Å²) in [5.74, 6) is 5.72. The van der Waals surface area contributed by atoms with Crippen LogP contribution in [-0.2, 0) is 14.4 Å². The SMILES string of the molecule is C=CC(=O)Nc1cc(Nc2nccc(-n3nc(N(C)C)c4ccccc43)n2)c(OC(C)C)nc1N(C)CCN(C)C.C=CC(=O)Nc1cc(Nc2nccc(-n3nc(N(C)C)c4ccccc43)n2)c(OC)nc1N(C)CCN(C)C.C=CC(=O)Nc1cc(Nc2nccc(-n3nc(N(C)C)c4ccccc43)n2)c(OCC(F)F)nc1N(C)CCN(C)C. The van der Waals surface area contributed by atoms with Gasteiger partial charge in [0, 0.05) is 156 Å². The van der Waals surface area contributed by atoms with E-state index in [1.54, 1.807) is 81.0 Å². The van der Waals surface area contributed by atoms with Crippen molar-refractivity contribution in [1.29, 1.82) is 0 Å². The number of aromatic nitrogens is 15. The number of likely N-dealkylation sites (N-methyl/N-ethyl adjacent to an activating group) is 6. The first-order valence-electron chi connectivity index (χ1n) is 38.8. The van der Waals surface area contributed by atoms with Crippen molar-refractivity contribution in [2.45, 2.75) is 26.4 Å². The number of alkyl halides is 2. The molecule has 9 heterocycles. The number of fused-ring (bicyclic) bond motifs is 3. The fourth-order valence-electron chi connectivity index (χ4n) is 12.1. The summed E-state index contributed by atoms with van der Waals surface area (Å²) in [5.41, 5.74) is 5.16. The summed E-state index contributed by atoms with van der Waals surface area (Å²) in [6, 6.07) is 34.1. The molecule has 122 heavy (non-hydrogen) atoms. The molecule has 6 N–H and O–H groups in total. The maximum atomic E-state index is 13.2. The number of methoxy groups -OCH3 is 1. The molecule has 12 rings (SSSR count). The summed E-state index contributed by atoms with van der Waals surface area (Å²) in [6.45, 7) is 17.8. The van der Waals surface area contributed by atoms with Gasteiger partial charge in [-0.3, -0.25) is 14.4 Å². The van der Waals surface area contributed by atoms with E-state index in [0.29, 0.717) is 113 Å². The smallest absolute Gasteiger partial charge is 0.272 e. The minimum Gasteiger partial charge on any atom is -0.479 e. The molecule has 0 spiro atoms. The minimum atomic E-state index is -2.73. The van der Waals surface area contributed by atoms with Crippen LogP contribution in [0.2, 0.25) is 0 Å². The lowest BCUT2D eigenvalue weighted by molar-refractivity contribution is -0.112. The van der Waals surface area contributed by atoms with Crippen molar-refractivity contribution in [3.05, 3.63) is 166 Å². The first kappa shape index (κ1) is 90.1. The molecular formula is C84H106F2N30O6. The standard InChI is InChI=1S/C29H38N10O2.C28H34F2N10O2.C27H34N10O2/c1-9-25(40)31-21-18-22(28(41-19(2)3)34-27(21)38(8)17-16-36(4)5)32-29-30-15-14-24(33-29)39-23-13-11-10-12-20(23)26(35-39)37(6)7;1-7-24(41)32-19-16-20(27(42-17-22(29)30)35-26(19)39(6)15-14-37(2)3)33-28-31-13-12-23(34-28)40-21-11-9-8-10-18(21)25(36-40)38(4)5;1-8-23(38)29-19-17-20(26(39-7)32-25(19)36(6)16-15-34(2)3)30-27-28-14-13-22(31-27)37-21-12-10-9-11-18(21)24(33-37)35(4)5/h9-15,18-19H,1,16-17H2,2-8H3,(H,31,40)(H,30,32,33);7-13,16,22H,1,14-15,17H2,2-6H3,(H,32,41)(H,31,33,34);8-14,17H,1,15-16H2,2-7H3,(H,29,38)(H,28,30,31). The third-order valence-corrected chi connectivity index (χ3v) is 18.1. The zero-order valence-corrected chi connectivity index (χ0v) is 72.0. The molecule has 38 heteroatoms. The zero-order valence-electron chi connectivity index (χ0n) is 72.0. The van der Waals surface area contributed by atoms with Crippen molar-refractivity contribution in [3.8, 4) is 35.1 Å². The van der Waals surface area contributed by atoms with Crippen LogP contribution in [0.3, 0.4) is 0 Å². The predicted molar refractivity (Wildman–Crippen MR) is 481 cm³/mol. The molecule has 0 unspecified atom stereocenters. The van der Waals surface area contributed by atoms with Crippen molar-refractivity contribution >= 4 is 137 Å². The van der Waals surface area contributed by atoms with Gasteiger partial charge in [-0.2, -0.15) is 29.9 Å². The molecule has 3 amide bonds. The highest BCUT2D eigenvalue weighted by molar-refractivity contribution is 6.03. The van der Waals surface area contributed by atoms with Crippen molar-refractivity contribution in [2.24, 2.45) is 0 Å². The number of para-hydroxylation sites is 3. The van der Waals surface area contributed by atoms with E-state index in [4.69, 9.17) is 49.4 Å². The van der Waals surface area contributed by atoms with E-state index in [1.165, 1.54) is 19.3 Å². The van der Waals surface area contributed by atoms with Gasteiger partial charge >= 0.3 is 0 Å². The highest BCUT2D eigenvalue weighted by Gasteiger charge is 2.26. The number of rotatable bonds is 36. The molecule has 0 saturated heterocycles. The van der Waals surface area contributed by atoms with Crippen LogP contribution in [0, 0.1) is 0 Å². The maximum absolute atomic E-state index is 13.2. The minimum absolute atomic E-state index is 0.105. The number of benzene rings is 3. The van der Waals surface area contributed by atoms with Crippen LogP contribution >= 0.6 is 0 Å². The predicted octanol–water partition coefficient (Wildman–Crippen LogP) is 10.9. The van der Waals surface area contributed by atoms with Crippen molar-refractivity contribution in [2.75, 3.05) is 220 Å². The lowest BCUT2D eigenvalue weighted by atomic mass is 10.2. The highest BCUT2D eigenvalue weighted by Crippen LogP contribution is 2.40. The number of hydrogen-bond donors (Lipinski definition) is 6. The van der Waals surface area contributed by atoms with Gasteiger partial charge in [0.25, 0.3) is 6.43 Å². The number of anilines is 15. The Balaban J connectivity index is 0.000000192. The molecule has 0 fully saturated rings. The number of halogens is 2. The van der Waals surface area contributed by atoms with Gasteiger partial charge in [-0.25, -0.2) is 37.8 Å². The first-order valence-corrected chi connectivity index (χ1v) is 38.8. The Morgan fingerprint density at radius 3 is 1.01 bits per heavy atom. The molecule has 0 aliphatic rings. The van der Waals surface area contributed by atoms with Crippen molar-refractivity contribution < 1.29 is 37.4 Å². The number of ether oxygens (including phenoxy) is 3. The monoisotopic (exact) mass is 1670 g/mol. The molecule has 0 bridgehead atoms. The lowest BCUT2D eigenvalue weighted by Crippen LogP contribution is -2.30. The Morgan fingerprint density at radius 2 is 0.713 bits per heavy atom. The molecule has 36 nitrogen and oxygen atoms in total. The number of carbonyl (C=O) groups excluding carboxylic acids is 3. The Bertz CT molecular complexity index is 5650. The molecular weight excluding hydrogens is 1560 g/mol. The summed E-state index contributed by atoms with van der Waals surface area (Å²) < 4.78 is 48.7. The van der Waals surface area contributed by atoms with E-state index in [2.05, 4.69) is 86.4 Å². The second kappa shape index (κ2) is 41.4. The van der Waals surface area contributed by atoms with Crippen LogP contribution < -0.4 is 75.5 Å². The van der Waals surface area contributed by atoms with E-state index >= 15 is 0 Å². The van der Waals surface area contributed by atoms with Gasteiger partial charge in [0.1, 0.15) is 17.1 Å². The molecule has 0 aliphatic carbocycles. The molecule has 0 aliphatic heterocycles. The van der Waals surface area contributed by atoms with Crippen LogP contribution in [-0.4, -0.2) is 278 Å². The van der Waals surface area contributed by atoms with Crippen LogP contribution in [0.25, 0.3) is 50.2 Å². The lowest BCUT2D eigenvalue weighted by Gasteiger charge is -2.25. The highest BCUT2D eigenvalue weighted by atomic mass is 19.3. The normalized spacial score (nSPS) is 11.1. The van der Waals surface area contributed by atoms with E-state index in [1.807, 2.05) is 215 Å². The molecule has 0 saturated carbocycles. The van der Waals surface area contributed by atoms with Gasteiger partial charge in [0.15, 0.2) is 59.0 Å². The van der Waals surface area contributed by atoms with Gasteiger partial charge in [0.05, 0.1) is 46.8 Å². The number of amides is 3. The van der Waals surface area contributed by atoms with Crippen molar-refractivity contribution in [3.63, 3.8) is 0 Å². The molecule has 3 aromatic carbocycles. The zero-order chi connectivity index (χ0) is 88.2. The van der Waals surface area contributed by atoms with Crippen LogP contribution in [0.1, 0.15) is 13.8 Å². The number of hydrogen-bond acceptors (Lipinski definition) is 30. The fraction of sp³-hybridized carbons (Fsp3) is 0.321. The quantitative estimate of drug-likeness (QED) is 0.0199. The molecule has 0 atom stereocenters. The van der Waals surface area contributed by atoms with Crippen LogP contribution in [0.15, 0.2) is 166 Å². The number of pyridine rings is 3. The number of nitrogens with one attached hydrogen (secondary N) is 6. The van der Waals surface area contributed by atoms with Gasteiger partial charge < -0.3 is 90.2 Å². The van der Waals surface area contributed by atoms with Gasteiger partial charge in [-0.1, -0.05) is 56.1 Å². The van der Waals surface area contributed by atoms with Gasteiger partial charge in [-0.05, 0) is 129 Å². The third kappa shape index (κ3) is 23.0.